The van der Waals surface area contributed by atoms with Gasteiger partial charge in [0.25, 0.3) is 0 Å². The fourth-order valence-corrected chi connectivity index (χ4v) is 4.29. The largest absolute Gasteiger partial charge is 0.302 e. The molecule has 0 aliphatic carbocycles. The van der Waals surface area contributed by atoms with Crippen molar-refractivity contribution in [1.29, 1.82) is 0 Å². The molecule has 10 heteroatoms. The van der Waals surface area contributed by atoms with Gasteiger partial charge in [-0.05, 0) is 50.2 Å². The van der Waals surface area contributed by atoms with Crippen molar-refractivity contribution in [2.24, 2.45) is 0 Å². The van der Waals surface area contributed by atoms with Crippen LogP contribution in [0.1, 0.15) is 24.2 Å². The quantitative estimate of drug-likeness (QED) is 0.431. The highest BCUT2D eigenvalue weighted by molar-refractivity contribution is 8.00. The van der Waals surface area contributed by atoms with Gasteiger partial charge in [0.15, 0.2) is 16.8 Å². The molecule has 3 rings (SSSR count). The molecule has 2 heterocycles. The summed E-state index contributed by atoms with van der Waals surface area (Å²) in [5.74, 6) is 0.658. The van der Waals surface area contributed by atoms with Gasteiger partial charge in [-0.1, -0.05) is 11.8 Å². The van der Waals surface area contributed by atoms with Crippen LogP contribution < -0.4 is 4.72 Å². The maximum atomic E-state index is 12.8. The van der Waals surface area contributed by atoms with E-state index in [9.17, 15) is 13.2 Å². The zero-order valence-electron chi connectivity index (χ0n) is 16.2. The topological polar surface area (TPSA) is 107 Å². The van der Waals surface area contributed by atoms with Gasteiger partial charge in [0.2, 0.25) is 10.0 Å². The molecule has 0 aliphatic heterocycles. The van der Waals surface area contributed by atoms with Gasteiger partial charge in [0.1, 0.15) is 0 Å². The monoisotopic (exact) mass is 431 g/mol. The predicted octanol–water partition coefficient (Wildman–Crippen LogP) is 3.10. The van der Waals surface area contributed by atoms with E-state index in [0.29, 0.717) is 23.0 Å². The number of pyridine rings is 1. The number of Topliss-reactive ketones (excluding diaryl/α,β-unsaturated/α-hetero) is 1. The number of ketones is 1. The fraction of sp³-hybridized carbons (Fsp3) is 0.263. The van der Waals surface area contributed by atoms with Gasteiger partial charge in [-0.2, -0.15) is 0 Å². The van der Waals surface area contributed by atoms with E-state index in [-0.39, 0.29) is 11.0 Å². The summed E-state index contributed by atoms with van der Waals surface area (Å²) >= 11 is 1.34. The van der Waals surface area contributed by atoms with Crippen molar-refractivity contribution in [3.8, 4) is 11.4 Å². The standard InChI is InChI=1S/C19H21N5O3S2/c1-4-24-18(15-9-11-20-12-10-15)21-22-19(24)28-13(2)17(25)14-5-7-16(8-6-14)23-29(3,26)27/h5-13,23H,4H2,1-3H3. The Morgan fingerprint density at radius 2 is 1.79 bits per heavy atom. The molecular formula is C19H21N5O3S2. The van der Waals surface area contributed by atoms with Gasteiger partial charge >= 0.3 is 0 Å². The zero-order chi connectivity index (χ0) is 21.0. The van der Waals surface area contributed by atoms with E-state index in [1.54, 1.807) is 36.7 Å². The number of aromatic nitrogens is 4. The molecule has 1 N–H and O–H groups in total. The molecule has 0 aliphatic rings. The molecule has 0 amide bonds. The highest BCUT2D eigenvalue weighted by Gasteiger charge is 2.21. The van der Waals surface area contributed by atoms with Crippen LogP contribution in [0.5, 0.6) is 0 Å². The first kappa shape index (κ1) is 21.0. The number of nitrogens with one attached hydrogen (secondary N) is 1. The van der Waals surface area contributed by atoms with E-state index < -0.39 is 10.0 Å². The highest BCUT2D eigenvalue weighted by Crippen LogP contribution is 2.28. The van der Waals surface area contributed by atoms with Crippen molar-refractivity contribution in [3.63, 3.8) is 0 Å². The van der Waals surface area contributed by atoms with Crippen LogP contribution in [0.15, 0.2) is 53.9 Å². The second kappa shape index (κ2) is 8.75. The summed E-state index contributed by atoms with van der Waals surface area (Å²) in [6.07, 6.45) is 4.48. The summed E-state index contributed by atoms with van der Waals surface area (Å²) < 4.78 is 26.9. The van der Waals surface area contributed by atoms with E-state index in [4.69, 9.17) is 0 Å². The maximum absolute atomic E-state index is 12.8. The van der Waals surface area contributed by atoms with Crippen LogP contribution in [0.3, 0.4) is 0 Å². The summed E-state index contributed by atoms with van der Waals surface area (Å²) in [5, 5.41) is 8.81. The molecule has 0 spiro atoms. The summed E-state index contributed by atoms with van der Waals surface area (Å²) in [4.78, 5) is 16.8. The lowest BCUT2D eigenvalue weighted by Crippen LogP contribution is -2.15. The number of carbonyl (C=O) groups excluding carboxylic acids is 1. The van der Waals surface area contributed by atoms with E-state index in [1.165, 1.54) is 11.8 Å². The van der Waals surface area contributed by atoms with Crippen molar-refractivity contribution < 1.29 is 13.2 Å². The zero-order valence-corrected chi connectivity index (χ0v) is 17.9. The molecule has 0 saturated heterocycles. The smallest absolute Gasteiger partial charge is 0.229 e. The van der Waals surface area contributed by atoms with E-state index in [2.05, 4.69) is 19.9 Å². The van der Waals surface area contributed by atoms with Crippen LogP contribution in [0.2, 0.25) is 0 Å². The molecule has 1 aromatic carbocycles. The molecule has 0 saturated carbocycles. The van der Waals surface area contributed by atoms with Crippen LogP contribution in [-0.4, -0.2) is 45.5 Å². The normalized spacial score (nSPS) is 12.5. The average Bonchev–Trinajstić information content (AvgIpc) is 3.10. The Morgan fingerprint density at radius 3 is 2.38 bits per heavy atom. The van der Waals surface area contributed by atoms with Crippen molar-refractivity contribution in [1.82, 2.24) is 19.7 Å². The number of thioether (sulfide) groups is 1. The number of anilines is 1. The number of hydrogen-bond donors (Lipinski definition) is 1. The number of carbonyl (C=O) groups is 1. The number of sulfonamides is 1. The lowest BCUT2D eigenvalue weighted by atomic mass is 10.1. The third-order valence-corrected chi connectivity index (χ3v) is 5.78. The third-order valence-electron chi connectivity index (χ3n) is 4.10. The Morgan fingerprint density at radius 1 is 1.14 bits per heavy atom. The van der Waals surface area contributed by atoms with Gasteiger partial charge < -0.3 is 4.57 Å². The summed E-state index contributed by atoms with van der Waals surface area (Å²) in [6, 6.07) is 10.1. The van der Waals surface area contributed by atoms with Crippen LogP contribution in [-0.2, 0) is 16.6 Å². The minimum Gasteiger partial charge on any atom is -0.302 e. The average molecular weight is 432 g/mol. The Labute approximate surface area is 173 Å². The van der Waals surface area contributed by atoms with Crippen LogP contribution in [0, 0.1) is 0 Å². The Bertz CT molecular complexity index is 1100. The van der Waals surface area contributed by atoms with Gasteiger partial charge in [-0.3, -0.25) is 14.5 Å². The van der Waals surface area contributed by atoms with Gasteiger partial charge in [0, 0.05) is 35.8 Å². The Hall–Kier alpha value is -2.72. The van der Waals surface area contributed by atoms with E-state index in [0.717, 1.165) is 17.6 Å². The number of rotatable bonds is 8. The molecule has 8 nitrogen and oxygen atoms in total. The first-order valence-electron chi connectivity index (χ1n) is 8.91. The summed E-state index contributed by atoms with van der Waals surface area (Å²) in [7, 11) is -3.36. The molecule has 2 aromatic heterocycles. The summed E-state index contributed by atoms with van der Waals surface area (Å²) in [6.45, 7) is 4.48. The number of hydrogen-bond acceptors (Lipinski definition) is 7. The molecule has 0 bridgehead atoms. The lowest BCUT2D eigenvalue weighted by Gasteiger charge is -2.12. The second-order valence-electron chi connectivity index (χ2n) is 6.36. The van der Waals surface area contributed by atoms with Gasteiger partial charge in [-0.25, -0.2) is 8.42 Å². The van der Waals surface area contributed by atoms with Crippen molar-refractivity contribution in [3.05, 3.63) is 54.4 Å². The minimum absolute atomic E-state index is 0.0722. The van der Waals surface area contributed by atoms with E-state index in [1.807, 2.05) is 30.5 Å². The molecule has 0 fully saturated rings. The summed E-state index contributed by atoms with van der Waals surface area (Å²) in [5.41, 5.74) is 1.83. The van der Waals surface area contributed by atoms with Crippen LogP contribution >= 0.6 is 11.8 Å². The molecular weight excluding hydrogens is 410 g/mol. The van der Waals surface area contributed by atoms with Crippen molar-refractivity contribution in [2.75, 3.05) is 11.0 Å². The second-order valence-corrected chi connectivity index (χ2v) is 9.42. The fourth-order valence-electron chi connectivity index (χ4n) is 2.74. The van der Waals surface area contributed by atoms with Crippen molar-refractivity contribution in [2.45, 2.75) is 30.8 Å². The Kier molecular flexibility index (Phi) is 6.33. The number of benzene rings is 1. The first-order valence-corrected chi connectivity index (χ1v) is 11.7. The highest BCUT2D eigenvalue weighted by atomic mass is 32.2. The predicted molar refractivity (Wildman–Crippen MR) is 113 cm³/mol. The maximum Gasteiger partial charge on any atom is 0.229 e. The molecule has 3 aromatic rings. The SMILES string of the molecule is CCn1c(SC(C)C(=O)c2ccc(NS(C)(=O)=O)cc2)nnc1-c1ccncc1. The van der Waals surface area contributed by atoms with Crippen molar-refractivity contribution >= 4 is 33.3 Å². The van der Waals surface area contributed by atoms with Crippen LogP contribution in [0.25, 0.3) is 11.4 Å². The molecule has 29 heavy (non-hydrogen) atoms. The van der Waals surface area contributed by atoms with Gasteiger partial charge in [-0.15, -0.1) is 10.2 Å². The first-order chi connectivity index (χ1) is 13.8. The van der Waals surface area contributed by atoms with Gasteiger partial charge in [0.05, 0.1) is 11.5 Å². The molecule has 0 radical (unpaired) electrons. The number of nitrogens with zero attached hydrogens (tertiary/aromatic N) is 4. The molecule has 1 atom stereocenters. The molecule has 152 valence electrons. The Balaban J connectivity index is 1.75. The minimum atomic E-state index is -3.36. The molecule has 1 unspecified atom stereocenters. The van der Waals surface area contributed by atoms with Crippen LogP contribution in [0.4, 0.5) is 5.69 Å². The lowest BCUT2D eigenvalue weighted by molar-refractivity contribution is 0.0994. The van der Waals surface area contributed by atoms with E-state index >= 15 is 0 Å². The third kappa shape index (κ3) is 5.21.